The molecule has 0 atom stereocenters. The third-order valence-corrected chi connectivity index (χ3v) is 3.93. The largest absolute Gasteiger partial charge is 0.469 e. The maximum Gasteiger partial charge on any atom is 0.307 e. The van der Waals surface area contributed by atoms with Gasteiger partial charge in [-0.25, -0.2) is 0 Å². The molecule has 0 spiro atoms. The summed E-state index contributed by atoms with van der Waals surface area (Å²) < 4.78 is 5.29. The van der Waals surface area contributed by atoms with Crippen molar-refractivity contribution in [2.45, 2.75) is 13.0 Å². The predicted octanol–water partition coefficient (Wildman–Crippen LogP) is 1.08. The monoisotopic (exact) mass is 294 g/mol. The summed E-state index contributed by atoms with van der Waals surface area (Å²) in [5, 5.41) is 11.9. The van der Waals surface area contributed by atoms with Crippen molar-refractivity contribution in [1.29, 1.82) is 0 Å². The lowest BCUT2D eigenvalue weighted by molar-refractivity contribution is -0.140. The molecule has 2 heterocycles. The van der Waals surface area contributed by atoms with Gasteiger partial charge < -0.3 is 15.2 Å². The van der Waals surface area contributed by atoms with Gasteiger partial charge in [0.2, 0.25) is 0 Å². The van der Waals surface area contributed by atoms with Gasteiger partial charge in [0.15, 0.2) is 0 Å². The second-order valence-corrected chi connectivity index (χ2v) is 5.09. The first-order valence-corrected chi connectivity index (χ1v) is 6.80. The number of nitrogens with zero attached hydrogens (tertiary/aromatic N) is 1. The zero-order valence-corrected chi connectivity index (χ0v) is 11.7. The minimum Gasteiger partial charge on any atom is -0.469 e. The van der Waals surface area contributed by atoms with Crippen molar-refractivity contribution in [3.05, 3.63) is 28.8 Å². The Bertz CT molecular complexity index is 638. The van der Waals surface area contributed by atoms with E-state index in [1.807, 2.05) is 0 Å². The predicted molar refractivity (Wildman–Crippen MR) is 74.5 cm³/mol. The summed E-state index contributed by atoms with van der Waals surface area (Å²) in [5.74, 6) is -0.633. The van der Waals surface area contributed by atoms with E-state index in [1.54, 1.807) is 18.3 Å². The number of thiophene rings is 1. The molecule has 0 aliphatic rings. The number of methoxy groups -OCH3 is 1. The van der Waals surface area contributed by atoms with E-state index >= 15 is 0 Å². The number of aliphatic hydroxyl groups excluding tert-OH is 1. The molecule has 0 fully saturated rings. The Labute approximate surface area is 119 Å². The Morgan fingerprint density at radius 2 is 2.30 bits per heavy atom. The van der Waals surface area contributed by atoms with Crippen LogP contribution in [0.5, 0.6) is 0 Å². The number of pyridine rings is 1. The third-order valence-electron chi connectivity index (χ3n) is 2.73. The van der Waals surface area contributed by atoms with E-state index in [0.717, 1.165) is 10.3 Å². The van der Waals surface area contributed by atoms with Crippen LogP contribution in [0, 0.1) is 0 Å². The first-order valence-electron chi connectivity index (χ1n) is 5.99. The summed E-state index contributed by atoms with van der Waals surface area (Å²) in [7, 11) is 1.30. The number of rotatable bonds is 5. The van der Waals surface area contributed by atoms with E-state index < -0.39 is 0 Å². The van der Waals surface area contributed by atoms with Crippen LogP contribution in [0.2, 0.25) is 0 Å². The quantitative estimate of drug-likeness (QED) is 0.806. The highest BCUT2D eigenvalue weighted by molar-refractivity contribution is 7.21. The molecule has 0 aliphatic heterocycles. The number of amides is 1. The van der Waals surface area contributed by atoms with Crippen LogP contribution in [0.25, 0.3) is 10.2 Å². The molecular weight excluding hydrogens is 280 g/mol. The Hall–Kier alpha value is -1.99. The summed E-state index contributed by atoms with van der Waals surface area (Å²) in [6.07, 6.45) is 1.73. The van der Waals surface area contributed by atoms with E-state index in [2.05, 4.69) is 15.0 Å². The molecule has 2 rings (SSSR count). The Balaban J connectivity index is 2.09. The fourth-order valence-corrected chi connectivity index (χ4v) is 2.73. The highest BCUT2D eigenvalue weighted by Gasteiger charge is 2.13. The molecular formula is C13H14N2O4S. The number of nitrogens with one attached hydrogen (secondary N) is 1. The van der Waals surface area contributed by atoms with Crippen LogP contribution in [-0.2, 0) is 16.1 Å². The number of aliphatic hydroxyl groups is 1. The lowest BCUT2D eigenvalue weighted by Gasteiger charge is -2.01. The van der Waals surface area contributed by atoms with Crippen LogP contribution >= 0.6 is 11.3 Å². The van der Waals surface area contributed by atoms with Crippen LogP contribution in [-0.4, -0.2) is 35.6 Å². The minimum atomic E-state index is -0.370. The number of hydrogen-bond acceptors (Lipinski definition) is 6. The van der Waals surface area contributed by atoms with E-state index in [0.29, 0.717) is 10.4 Å². The number of esters is 1. The molecule has 0 unspecified atom stereocenters. The summed E-state index contributed by atoms with van der Waals surface area (Å²) in [6, 6.07) is 3.39. The normalized spacial score (nSPS) is 10.5. The Morgan fingerprint density at radius 1 is 1.50 bits per heavy atom. The second-order valence-electron chi connectivity index (χ2n) is 4.04. The second kappa shape index (κ2) is 6.44. The van der Waals surface area contributed by atoms with Crippen molar-refractivity contribution in [1.82, 2.24) is 10.3 Å². The molecule has 1 amide bonds. The molecule has 0 bridgehead atoms. The Morgan fingerprint density at radius 3 is 3.00 bits per heavy atom. The highest BCUT2D eigenvalue weighted by Crippen LogP contribution is 2.27. The van der Waals surface area contributed by atoms with Gasteiger partial charge in [0.1, 0.15) is 0 Å². The summed E-state index contributed by atoms with van der Waals surface area (Å²) in [5.41, 5.74) is 1.42. The molecule has 2 aromatic rings. The number of fused-ring (bicyclic) bond motifs is 1. The first kappa shape index (κ1) is 14.4. The highest BCUT2D eigenvalue weighted by atomic mass is 32.1. The van der Waals surface area contributed by atoms with Crippen molar-refractivity contribution in [2.75, 3.05) is 13.7 Å². The maximum atomic E-state index is 11.9. The molecule has 0 aliphatic carbocycles. The smallest absolute Gasteiger partial charge is 0.307 e. The molecule has 2 aromatic heterocycles. The van der Waals surface area contributed by atoms with Gasteiger partial charge in [0, 0.05) is 12.7 Å². The van der Waals surface area contributed by atoms with E-state index in [9.17, 15) is 14.7 Å². The van der Waals surface area contributed by atoms with Crippen molar-refractivity contribution >= 4 is 33.4 Å². The molecule has 0 saturated carbocycles. The number of aromatic nitrogens is 1. The summed E-state index contributed by atoms with van der Waals surface area (Å²) >= 11 is 1.27. The van der Waals surface area contributed by atoms with Gasteiger partial charge in [-0.1, -0.05) is 0 Å². The molecule has 20 heavy (non-hydrogen) atoms. The lowest BCUT2D eigenvalue weighted by Crippen LogP contribution is -2.25. The van der Waals surface area contributed by atoms with Crippen LogP contribution in [0.4, 0.5) is 0 Å². The topological polar surface area (TPSA) is 88.5 Å². The molecule has 0 radical (unpaired) electrons. The van der Waals surface area contributed by atoms with Gasteiger partial charge in [-0.05, 0) is 17.7 Å². The lowest BCUT2D eigenvalue weighted by atomic mass is 10.2. The fourth-order valence-electron chi connectivity index (χ4n) is 1.69. The van der Waals surface area contributed by atoms with Crippen LogP contribution in [0.1, 0.15) is 21.7 Å². The fraction of sp³-hybridized carbons (Fsp3) is 0.308. The van der Waals surface area contributed by atoms with Crippen molar-refractivity contribution < 1.29 is 19.4 Å². The number of hydrogen-bond donors (Lipinski definition) is 2. The van der Waals surface area contributed by atoms with Gasteiger partial charge in [0.05, 0.1) is 35.2 Å². The van der Waals surface area contributed by atoms with Gasteiger partial charge in [-0.15, -0.1) is 11.3 Å². The number of ether oxygens (including phenoxy) is 1. The van der Waals surface area contributed by atoms with Gasteiger partial charge >= 0.3 is 5.97 Å². The summed E-state index contributed by atoms with van der Waals surface area (Å²) in [6.45, 7) is 0.128. The minimum absolute atomic E-state index is 0.0943. The average molecular weight is 294 g/mol. The van der Waals surface area contributed by atoms with Crippen molar-refractivity contribution in [3.8, 4) is 0 Å². The van der Waals surface area contributed by atoms with E-state index in [-0.39, 0.29) is 31.4 Å². The number of carbonyl (C=O) groups is 2. The van der Waals surface area contributed by atoms with Gasteiger partial charge in [0.25, 0.3) is 5.91 Å². The molecule has 0 aromatic carbocycles. The zero-order chi connectivity index (χ0) is 14.5. The van der Waals surface area contributed by atoms with Gasteiger partial charge in [-0.3, -0.25) is 14.6 Å². The first-order chi connectivity index (χ1) is 9.65. The maximum absolute atomic E-state index is 11.9. The molecule has 0 saturated heterocycles. The molecule has 6 nitrogen and oxygen atoms in total. The molecule has 2 N–H and O–H groups in total. The summed E-state index contributed by atoms with van der Waals surface area (Å²) in [4.78, 5) is 27.5. The van der Waals surface area contributed by atoms with Crippen molar-refractivity contribution in [3.63, 3.8) is 0 Å². The third kappa shape index (κ3) is 3.12. The van der Waals surface area contributed by atoms with Gasteiger partial charge in [-0.2, -0.15) is 0 Å². The Kier molecular flexibility index (Phi) is 4.65. The molecule has 7 heteroatoms. The van der Waals surface area contributed by atoms with Crippen LogP contribution in [0.3, 0.4) is 0 Å². The SMILES string of the molecule is COC(=O)CCNC(=O)c1cc2nccc(CO)c2s1. The number of carbonyl (C=O) groups excluding carboxylic acids is 2. The average Bonchev–Trinajstić information content (AvgIpc) is 2.90. The standard InChI is InChI=1S/C13H14N2O4S/c1-19-11(17)3-5-15-13(18)10-6-9-12(20-10)8(7-16)2-4-14-9/h2,4,6,16H,3,5,7H2,1H3,(H,15,18). The van der Waals surface area contributed by atoms with Crippen LogP contribution in [0.15, 0.2) is 18.3 Å². The zero-order valence-electron chi connectivity index (χ0n) is 10.9. The van der Waals surface area contributed by atoms with E-state index in [4.69, 9.17) is 0 Å². The molecule has 106 valence electrons. The van der Waals surface area contributed by atoms with Crippen molar-refractivity contribution in [2.24, 2.45) is 0 Å². The van der Waals surface area contributed by atoms with Crippen LogP contribution < -0.4 is 5.32 Å². The van der Waals surface area contributed by atoms with E-state index in [1.165, 1.54) is 18.4 Å².